The predicted molar refractivity (Wildman–Crippen MR) is 101 cm³/mol. The standard InChI is InChI=1S/C18H29N3OS/c1-3-11-22-16-7-4-6-15(13-16)9-10-20-18(19-2)21-14-17-8-5-12-23-17/h4,6-7,13,17H,3,5,8-12,14H2,1-2H3,(H2,19,20,21). The predicted octanol–water partition coefficient (Wildman–Crippen LogP) is 3.08. The van der Waals surface area contributed by atoms with E-state index in [0.29, 0.717) is 0 Å². The minimum Gasteiger partial charge on any atom is -0.494 e. The van der Waals surface area contributed by atoms with Gasteiger partial charge in [0.15, 0.2) is 5.96 Å². The van der Waals surface area contributed by atoms with Gasteiger partial charge < -0.3 is 15.4 Å². The minimum atomic E-state index is 0.737. The molecule has 5 heteroatoms. The van der Waals surface area contributed by atoms with Gasteiger partial charge in [-0.05, 0) is 49.1 Å². The van der Waals surface area contributed by atoms with Crippen LogP contribution in [0.5, 0.6) is 5.75 Å². The van der Waals surface area contributed by atoms with Gasteiger partial charge in [-0.2, -0.15) is 11.8 Å². The van der Waals surface area contributed by atoms with Gasteiger partial charge in [-0.15, -0.1) is 0 Å². The average Bonchev–Trinajstić information content (AvgIpc) is 3.10. The summed E-state index contributed by atoms with van der Waals surface area (Å²) in [5.41, 5.74) is 1.29. The van der Waals surface area contributed by atoms with Crippen molar-refractivity contribution < 1.29 is 4.74 Å². The van der Waals surface area contributed by atoms with E-state index in [-0.39, 0.29) is 0 Å². The van der Waals surface area contributed by atoms with Crippen molar-refractivity contribution in [2.45, 2.75) is 37.9 Å². The van der Waals surface area contributed by atoms with E-state index in [1.165, 1.54) is 24.2 Å². The highest BCUT2D eigenvalue weighted by molar-refractivity contribution is 8.00. The maximum Gasteiger partial charge on any atom is 0.191 e. The first kappa shape index (κ1) is 18.0. The smallest absolute Gasteiger partial charge is 0.191 e. The van der Waals surface area contributed by atoms with Crippen molar-refractivity contribution in [3.05, 3.63) is 29.8 Å². The van der Waals surface area contributed by atoms with Crippen LogP contribution in [0.1, 0.15) is 31.7 Å². The Kier molecular flexibility index (Phi) is 8.15. The SMILES string of the molecule is CCCOc1cccc(CCNC(=NC)NCC2CCCS2)c1. The molecule has 23 heavy (non-hydrogen) atoms. The van der Waals surface area contributed by atoms with Crippen molar-refractivity contribution >= 4 is 17.7 Å². The summed E-state index contributed by atoms with van der Waals surface area (Å²) in [6.45, 7) is 4.77. The summed E-state index contributed by atoms with van der Waals surface area (Å²) >= 11 is 2.06. The summed E-state index contributed by atoms with van der Waals surface area (Å²) in [7, 11) is 1.83. The lowest BCUT2D eigenvalue weighted by Crippen LogP contribution is -2.40. The first-order valence-corrected chi connectivity index (χ1v) is 9.64. The zero-order valence-electron chi connectivity index (χ0n) is 14.3. The number of hydrogen-bond donors (Lipinski definition) is 2. The topological polar surface area (TPSA) is 45.6 Å². The van der Waals surface area contributed by atoms with E-state index in [9.17, 15) is 0 Å². The second kappa shape index (κ2) is 10.4. The Labute approximate surface area is 144 Å². The largest absolute Gasteiger partial charge is 0.494 e. The van der Waals surface area contributed by atoms with Crippen LogP contribution in [0.2, 0.25) is 0 Å². The van der Waals surface area contributed by atoms with Crippen molar-refractivity contribution in [2.75, 3.05) is 32.5 Å². The molecule has 0 spiro atoms. The summed E-state index contributed by atoms with van der Waals surface area (Å²) in [6, 6.07) is 8.35. The van der Waals surface area contributed by atoms with Crippen LogP contribution in [0.25, 0.3) is 0 Å². The highest BCUT2D eigenvalue weighted by atomic mass is 32.2. The van der Waals surface area contributed by atoms with E-state index in [1.807, 2.05) is 13.1 Å². The van der Waals surface area contributed by atoms with Crippen LogP contribution in [-0.4, -0.2) is 43.7 Å². The molecule has 2 rings (SSSR count). The van der Waals surface area contributed by atoms with E-state index in [0.717, 1.165) is 49.5 Å². The molecule has 0 amide bonds. The van der Waals surface area contributed by atoms with Gasteiger partial charge >= 0.3 is 0 Å². The molecule has 0 aromatic heterocycles. The van der Waals surface area contributed by atoms with Crippen LogP contribution in [0.4, 0.5) is 0 Å². The summed E-state index contributed by atoms with van der Waals surface area (Å²) in [5.74, 6) is 3.16. The second-order valence-corrected chi connectivity index (χ2v) is 7.17. The third-order valence-electron chi connectivity index (χ3n) is 3.82. The molecule has 1 aliphatic rings. The van der Waals surface area contributed by atoms with Gasteiger partial charge in [0.25, 0.3) is 0 Å². The van der Waals surface area contributed by atoms with Crippen molar-refractivity contribution in [1.29, 1.82) is 0 Å². The quantitative estimate of drug-likeness (QED) is 0.566. The zero-order valence-corrected chi connectivity index (χ0v) is 15.1. The molecule has 1 saturated heterocycles. The molecule has 1 aromatic carbocycles. The fourth-order valence-electron chi connectivity index (χ4n) is 2.57. The Morgan fingerprint density at radius 3 is 3.04 bits per heavy atom. The number of ether oxygens (including phenoxy) is 1. The van der Waals surface area contributed by atoms with Gasteiger partial charge in [-0.3, -0.25) is 4.99 Å². The zero-order chi connectivity index (χ0) is 16.3. The van der Waals surface area contributed by atoms with Gasteiger partial charge in [0.2, 0.25) is 0 Å². The third-order valence-corrected chi connectivity index (χ3v) is 5.22. The van der Waals surface area contributed by atoms with Crippen LogP contribution in [0.3, 0.4) is 0 Å². The third kappa shape index (κ3) is 6.73. The fraction of sp³-hybridized carbons (Fsp3) is 0.611. The van der Waals surface area contributed by atoms with Crippen LogP contribution in [0.15, 0.2) is 29.3 Å². The number of thioether (sulfide) groups is 1. The molecule has 1 fully saturated rings. The fourth-order valence-corrected chi connectivity index (χ4v) is 3.77. The van der Waals surface area contributed by atoms with E-state index in [2.05, 4.69) is 52.5 Å². The molecule has 0 bridgehead atoms. The summed E-state index contributed by atoms with van der Waals surface area (Å²) < 4.78 is 5.68. The van der Waals surface area contributed by atoms with Crippen molar-refractivity contribution in [3.63, 3.8) is 0 Å². The molecule has 0 aliphatic carbocycles. The lowest BCUT2D eigenvalue weighted by molar-refractivity contribution is 0.317. The number of nitrogens with zero attached hydrogens (tertiary/aromatic N) is 1. The molecule has 128 valence electrons. The molecule has 4 nitrogen and oxygen atoms in total. The average molecular weight is 336 g/mol. The van der Waals surface area contributed by atoms with Gasteiger partial charge in [0, 0.05) is 25.4 Å². The Morgan fingerprint density at radius 1 is 1.39 bits per heavy atom. The Balaban J connectivity index is 1.70. The summed E-state index contributed by atoms with van der Waals surface area (Å²) in [5, 5.41) is 7.56. The van der Waals surface area contributed by atoms with E-state index >= 15 is 0 Å². The van der Waals surface area contributed by atoms with Crippen LogP contribution in [0, 0.1) is 0 Å². The van der Waals surface area contributed by atoms with Crippen LogP contribution < -0.4 is 15.4 Å². The number of hydrogen-bond acceptors (Lipinski definition) is 3. The van der Waals surface area contributed by atoms with Gasteiger partial charge in [0.1, 0.15) is 5.75 Å². The summed E-state index contributed by atoms with van der Waals surface area (Å²) in [6.07, 6.45) is 4.66. The number of rotatable bonds is 8. The highest BCUT2D eigenvalue weighted by Gasteiger charge is 2.15. The first-order chi connectivity index (χ1) is 11.3. The molecule has 1 unspecified atom stereocenters. The monoisotopic (exact) mass is 335 g/mol. The van der Waals surface area contributed by atoms with E-state index in [4.69, 9.17) is 4.74 Å². The van der Waals surface area contributed by atoms with Crippen LogP contribution in [-0.2, 0) is 6.42 Å². The van der Waals surface area contributed by atoms with Crippen molar-refractivity contribution in [3.8, 4) is 5.75 Å². The van der Waals surface area contributed by atoms with Gasteiger partial charge in [-0.1, -0.05) is 19.1 Å². The van der Waals surface area contributed by atoms with E-state index in [1.54, 1.807) is 0 Å². The molecule has 1 aliphatic heterocycles. The lowest BCUT2D eigenvalue weighted by atomic mass is 10.1. The van der Waals surface area contributed by atoms with Crippen LogP contribution >= 0.6 is 11.8 Å². The Morgan fingerprint density at radius 2 is 2.30 bits per heavy atom. The van der Waals surface area contributed by atoms with E-state index < -0.39 is 0 Å². The maximum absolute atomic E-state index is 5.68. The molecular formula is C18H29N3OS. The normalized spacial score (nSPS) is 18.0. The molecule has 1 heterocycles. The lowest BCUT2D eigenvalue weighted by Gasteiger charge is -2.15. The Bertz CT molecular complexity index is 487. The second-order valence-electron chi connectivity index (χ2n) is 5.76. The first-order valence-electron chi connectivity index (χ1n) is 8.59. The highest BCUT2D eigenvalue weighted by Crippen LogP contribution is 2.25. The van der Waals surface area contributed by atoms with Crippen molar-refractivity contribution in [2.24, 2.45) is 4.99 Å². The van der Waals surface area contributed by atoms with Gasteiger partial charge in [0.05, 0.1) is 6.61 Å². The number of aliphatic imine (C=N–C) groups is 1. The number of benzene rings is 1. The molecular weight excluding hydrogens is 306 g/mol. The molecule has 1 atom stereocenters. The molecule has 0 radical (unpaired) electrons. The number of guanidine groups is 1. The Hall–Kier alpha value is -1.36. The molecule has 2 N–H and O–H groups in total. The maximum atomic E-state index is 5.68. The summed E-state index contributed by atoms with van der Waals surface area (Å²) in [4.78, 5) is 4.30. The van der Waals surface area contributed by atoms with Gasteiger partial charge in [-0.25, -0.2) is 0 Å². The number of nitrogens with one attached hydrogen (secondary N) is 2. The van der Waals surface area contributed by atoms with Crippen molar-refractivity contribution in [1.82, 2.24) is 10.6 Å². The molecule has 0 saturated carbocycles. The molecule has 1 aromatic rings. The minimum absolute atomic E-state index is 0.737.